The van der Waals surface area contributed by atoms with Gasteiger partial charge in [-0.15, -0.1) is 0 Å². The molecule has 0 atom stereocenters. The fraction of sp³-hybridized carbons (Fsp3) is 0.238. The number of para-hydroxylation sites is 2. The molecule has 1 heterocycles. The molecule has 0 unspecified atom stereocenters. The van der Waals surface area contributed by atoms with Gasteiger partial charge in [-0.3, -0.25) is 9.36 Å². The number of nitrogens with one attached hydrogen (secondary N) is 1. The van der Waals surface area contributed by atoms with E-state index in [2.05, 4.69) is 10.3 Å². The summed E-state index contributed by atoms with van der Waals surface area (Å²) < 4.78 is 17.7. The van der Waals surface area contributed by atoms with Gasteiger partial charge in [0, 0.05) is 18.9 Å². The van der Waals surface area contributed by atoms with E-state index in [4.69, 9.17) is 14.2 Å². The lowest BCUT2D eigenvalue weighted by Gasteiger charge is -2.13. The number of aromatic nitrogens is 2. The second kappa shape index (κ2) is 8.94. The summed E-state index contributed by atoms with van der Waals surface area (Å²) in [6, 6.07) is 13.0. The molecule has 3 aromatic rings. The molecule has 7 nitrogen and oxygen atoms in total. The molecule has 1 aromatic heterocycles. The van der Waals surface area contributed by atoms with Crippen LogP contribution in [0.1, 0.15) is 12.5 Å². The maximum absolute atomic E-state index is 12.9. The molecule has 1 N–H and O–H groups in total. The number of hydrogen-bond donors (Lipinski definition) is 1. The van der Waals surface area contributed by atoms with Gasteiger partial charge in [0.2, 0.25) is 0 Å². The average molecular weight is 381 g/mol. The van der Waals surface area contributed by atoms with E-state index in [0.717, 1.165) is 5.56 Å². The first kappa shape index (κ1) is 19.3. The zero-order valence-corrected chi connectivity index (χ0v) is 16.1. The Hall–Kier alpha value is -3.48. The van der Waals surface area contributed by atoms with Crippen molar-refractivity contribution in [3.8, 4) is 22.9 Å². The number of benzene rings is 2. The van der Waals surface area contributed by atoms with Gasteiger partial charge >= 0.3 is 0 Å². The highest BCUT2D eigenvalue weighted by molar-refractivity contribution is 5.49. The minimum atomic E-state index is -0.255. The predicted molar refractivity (Wildman–Crippen MR) is 108 cm³/mol. The lowest BCUT2D eigenvalue weighted by atomic mass is 10.2. The summed E-state index contributed by atoms with van der Waals surface area (Å²) >= 11 is 0. The molecule has 3 rings (SSSR count). The van der Waals surface area contributed by atoms with Crippen molar-refractivity contribution in [2.75, 3.05) is 26.1 Å². The van der Waals surface area contributed by atoms with Crippen LogP contribution in [0.5, 0.6) is 17.2 Å². The van der Waals surface area contributed by atoms with Gasteiger partial charge in [0.25, 0.3) is 5.56 Å². The molecule has 0 aliphatic heterocycles. The van der Waals surface area contributed by atoms with Crippen molar-refractivity contribution in [1.29, 1.82) is 0 Å². The van der Waals surface area contributed by atoms with Crippen molar-refractivity contribution in [2.24, 2.45) is 0 Å². The number of anilines is 1. The minimum absolute atomic E-state index is 0.253. The van der Waals surface area contributed by atoms with Gasteiger partial charge in [-0.2, -0.15) is 0 Å². The number of ether oxygens (including phenoxy) is 3. The highest BCUT2D eigenvalue weighted by Gasteiger charge is 2.11. The molecule has 7 heteroatoms. The summed E-state index contributed by atoms with van der Waals surface area (Å²) in [7, 11) is 3.18. The van der Waals surface area contributed by atoms with Crippen molar-refractivity contribution >= 4 is 5.82 Å². The molecule has 28 heavy (non-hydrogen) atoms. The first-order valence-corrected chi connectivity index (χ1v) is 8.92. The van der Waals surface area contributed by atoms with Crippen molar-refractivity contribution in [2.45, 2.75) is 13.5 Å². The summed E-state index contributed by atoms with van der Waals surface area (Å²) in [5, 5.41) is 3.10. The molecule has 0 aliphatic carbocycles. The van der Waals surface area contributed by atoms with Gasteiger partial charge in [-0.05, 0) is 36.8 Å². The van der Waals surface area contributed by atoms with Crippen molar-refractivity contribution in [3.05, 3.63) is 70.8 Å². The fourth-order valence-corrected chi connectivity index (χ4v) is 2.83. The molecule has 0 bridgehead atoms. The zero-order chi connectivity index (χ0) is 19.9. The molecule has 146 valence electrons. The lowest BCUT2D eigenvalue weighted by molar-refractivity contribution is 0.339. The largest absolute Gasteiger partial charge is 0.493 e. The molecule has 0 saturated carbocycles. The van der Waals surface area contributed by atoms with Crippen LogP contribution in [0.15, 0.2) is 59.7 Å². The third kappa shape index (κ3) is 4.09. The average Bonchev–Trinajstić information content (AvgIpc) is 2.73. The van der Waals surface area contributed by atoms with Gasteiger partial charge in [-0.25, -0.2) is 4.98 Å². The van der Waals surface area contributed by atoms with Crippen LogP contribution in [-0.2, 0) is 6.54 Å². The maximum Gasteiger partial charge on any atom is 0.297 e. The molecule has 0 aliphatic rings. The van der Waals surface area contributed by atoms with Crippen LogP contribution in [0.4, 0.5) is 5.82 Å². The summed E-state index contributed by atoms with van der Waals surface area (Å²) in [6.45, 7) is 2.84. The quantitative estimate of drug-likeness (QED) is 0.646. The van der Waals surface area contributed by atoms with Crippen molar-refractivity contribution < 1.29 is 14.2 Å². The number of nitrogens with zero attached hydrogens (tertiary/aromatic N) is 2. The second-order valence-electron chi connectivity index (χ2n) is 5.89. The van der Waals surface area contributed by atoms with E-state index in [1.165, 1.54) is 4.57 Å². The van der Waals surface area contributed by atoms with Crippen molar-refractivity contribution in [3.63, 3.8) is 0 Å². The summed E-state index contributed by atoms with van der Waals surface area (Å²) in [5.41, 5.74) is 1.35. The monoisotopic (exact) mass is 381 g/mol. The van der Waals surface area contributed by atoms with Crippen LogP contribution in [0.2, 0.25) is 0 Å². The molecule has 0 spiro atoms. The smallest absolute Gasteiger partial charge is 0.297 e. The third-order valence-electron chi connectivity index (χ3n) is 4.17. The Balaban J connectivity index is 1.86. The topological polar surface area (TPSA) is 74.6 Å². The van der Waals surface area contributed by atoms with Crippen LogP contribution < -0.4 is 25.1 Å². The molecule has 0 radical (unpaired) electrons. The second-order valence-corrected chi connectivity index (χ2v) is 5.89. The normalized spacial score (nSPS) is 10.4. The molecule has 0 amide bonds. The zero-order valence-electron chi connectivity index (χ0n) is 16.1. The van der Waals surface area contributed by atoms with E-state index >= 15 is 0 Å². The van der Waals surface area contributed by atoms with Gasteiger partial charge in [0.05, 0.1) is 26.5 Å². The van der Waals surface area contributed by atoms with Crippen LogP contribution >= 0.6 is 0 Å². The first-order chi connectivity index (χ1) is 13.7. The Kier molecular flexibility index (Phi) is 6.16. The number of hydrogen-bond acceptors (Lipinski definition) is 6. The van der Waals surface area contributed by atoms with Crippen LogP contribution in [-0.4, -0.2) is 30.4 Å². The van der Waals surface area contributed by atoms with E-state index in [1.54, 1.807) is 26.6 Å². The van der Waals surface area contributed by atoms with E-state index in [1.807, 2.05) is 49.4 Å². The van der Waals surface area contributed by atoms with Gasteiger partial charge in [0.15, 0.2) is 17.3 Å². The highest BCUT2D eigenvalue weighted by Crippen LogP contribution is 2.27. The van der Waals surface area contributed by atoms with Crippen LogP contribution in [0.25, 0.3) is 5.69 Å². The molecular formula is C21H23N3O4. The molecule has 0 saturated heterocycles. The van der Waals surface area contributed by atoms with E-state index < -0.39 is 0 Å². The SMILES string of the molecule is CCOc1ccccc1-n1ccnc(NCc2ccc(OC)c(OC)c2)c1=O. The minimum Gasteiger partial charge on any atom is -0.493 e. The van der Waals surface area contributed by atoms with Gasteiger partial charge in [0.1, 0.15) is 5.75 Å². The Labute approximate surface area is 163 Å². The maximum atomic E-state index is 12.9. The summed E-state index contributed by atoms with van der Waals surface area (Å²) in [6.07, 6.45) is 3.21. The van der Waals surface area contributed by atoms with E-state index in [-0.39, 0.29) is 11.4 Å². The van der Waals surface area contributed by atoms with Crippen LogP contribution in [0.3, 0.4) is 0 Å². The molecule has 0 fully saturated rings. The number of methoxy groups -OCH3 is 2. The molecule has 2 aromatic carbocycles. The first-order valence-electron chi connectivity index (χ1n) is 8.92. The lowest BCUT2D eigenvalue weighted by Crippen LogP contribution is -2.23. The molecular weight excluding hydrogens is 358 g/mol. The predicted octanol–water partition coefficient (Wildman–Crippen LogP) is 3.26. The Morgan fingerprint density at radius 1 is 1.04 bits per heavy atom. The fourth-order valence-electron chi connectivity index (χ4n) is 2.83. The van der Waals surface area contributed by atoms with E-state index in [0.29, 0.717) is 36.1 Å². The number of rotatable bonds is 8. The van der Waals surface area contributed by atoms with Gasteiger partial charge < -0.3 is 19.5 Å². The standard InChI is InChI=1S/C21H23N3O4/c1-4-28-17-8-6-5-7-16(17)24-12-11-22-20(21(24)25)23-14-15-9-10-18(26-2)19(13-15)27-3/h5-13H,4,14H2,1-3H3,(H,22,23). The Morgan fingerprint density at radius 3 is 2.57 bits per heavy atom. The summed E-state index contributed by atoms with van der Waals surface area (Å²) in [4.78, 5) is 17.1. The summed E-state index contributed by atoms with van der Waals surface area (Å²) in [5.74, 6) is 2.18. The third-order valence-corrected chi connectivity index (χ3v) is 4.17. The Bertz CT molecular complexity index is 1000. The van der Waals surface area contributed by atoms with Crippen molar-refractivity contribution in [1.82, 2.24) is 9.55 Å². The highest BCUT2D eigenvalue weighted by atomic mass is 16.5. The Morgan fingerprint density at radius 2 is 1.82 bits per heavy atom. The van der Waals surface area contributed by atoms with E-state index in [9.17, 15) is 4.79 Å². The van der Waals surface area contributed by atoms with Gasteiger partial charge in [-0.1, -0.05) is 18.2 Å². The van der Waals surface area contributed by atoms with Crippen LogP contribution in [0, 0.1) is 0 Å².